The number of nitrogens with zero attached hydrogens (tertiary/aromatic N) is 2. The first-order valence-corrected chi connectivity index (χ1v) is 3.69. The van der Waals surface area contributed by atoms with Gasteiger partial charge in [-0.25, -0.2) is 10.6 Å². The summed E-state index contributed by atoms with van der Waals surface area (Å²) in [5.41, 5.74) is 0.0166. The van der Waals surface area contributed by atoms with E-state index < -0.39 is 0 Å². The molecular formula is C8H17N2. The molecule has 0 aliphatic carbocycles. The molecule has 0 rings (SSSR count). The predicted octanol–water partition coefficient (Wildman–Crippen LogP) is 1.52. The van der Waals surface area contributed by atoms with Crippen LogP contribution in [0.25, 0.3) is 0 Å². The van der Waals surface area contributed by atoms with Crippen molar-refractivity contribution in [2.24, 2.45) is 0 Å². The normalized spacial score (nSPS) is 12.6. The van der Waals surface area contributed by atoms with E-state index in [4.69, 9.17) is 0 Å². The van der Waals surface area contributed by atoms with Gasteiger partial charge in [0, 0.05) is 12.1 Å². The molecule has 0 saturated carbocycles. The van der Waals surface area contributed by atoms with Gasteiger partial charge >= 0.3 is 0 Å². The molecule has 0 aromatic rings. The van der Waals surface area contributed by atoms with Crippen LogP contribution < -0.4 is 10.6 Å². The first-order chi connectivity index (χ1) is 4.45. The summed E-state index contributed by atoms with van der Waals surface area (Å²) < 4.78 is 0. The summed E-state index contributed by atoms with van der Waals surface area (Å²) in [6.45, 7) is 11.0. The van der Waals surface area contributed by atoms with Crippen LogP contribution in [-0.2, 0) is 0 Å². The molecule has 0 aliphatic heterocycles. The molecule has 0 spiro atoms. The van der Waals surface area contributed by atoms with Crippen LogP contribution in [0.3, 0.4) is 0 Å². The van der Waals surface area contributed by atoms with E-state index in [2.05, 4.69) is 31.4 Å². The van der Waals surface area contributed by atoms with E-state index in [1.54, 1.807) is 0 Å². The van der Waals surface area contributed by atoms with Crippen molar-refractivity contribution in [2.45, 2.75) is 40.2 Å². The Labute approximate surface area is 64.4 Å². The molecule has 0 N–H and O–H groups in total. The van der Waals surface area contributed by atoms with E-state index in [0.29, 0.717) is 0 Å². The highest BCUT2D eigenvalue weighted by Crippen LogP contribution is 2.06. The maximum atomic E-state index is 4.35. The van der Waals surface area contributed by atoms with E-state index >= 15 is 0 Å². The molecule has 0 bridgehead atoms. The zero-order valence-electron chi connectivity index (χ0n) is 7.60. The third kappa shape index (κ3) is 6.05. The van der Waals surface area contributed by atoms with Crippen LogP contribution in [0.1, 0.15) is 34.6 Å². The van der Waals surface area contributed by atoms with Crippen molar-refractivity contribution in [3.05, 3.63) is 6.17 Å². The molecule has 2 nitrogen and oxygen atoms in total. The second-order valence-electron chi connectivity index (χ2n) is 3.30. The second kappa shape index (κ2) is 3.94. The Kier molecular flexibility index (Phi) is 3.91. The summed E-state index contributed by atoms with van der Waals surface area (Å²) in [5.74, 6) is 0. The Hall–Kier alpha value is -0.0800. The van der Waals surface area contributed by atoms with E-state index in [0.717, 1.165) is 12.7 Å². The van der Waals surface area contributed by atoms with Gasteiger partial charge in [-0.1, -0.05) is 6.92 Å². The zero-order valence-corrected chi connectivity index (χ0v) is 7.60. The van der Waals surface area contributed by atoms with Crippen LogP contribution >= 0.6 is 0 Å². The highest BCUT2D eigenvalue weighted by molar-refractivity contribution is 4.84. The predicted molar refractivity (Wildman–Crippen MR) is 43.5 cm³/mol. The van der Waals surface area contributed by atoms with Crippen molar-refractivity contribution in [3.63, 3.8) is 0 Å². The quantitative estimate of drug-likeness (QED) is 0.570. The Morgan fingerprint density at radius 2 is 1.80 bits per heavy atom. The van der Waals surface area contributed by atoms with Crippen molar-refractivity contribution in [2.75, 3.05) is 6.54 Å². The van der Waals surface area contributed by atoms with Gasteiger partial charge < -0.3 is 0 Å². The lowest BCUT2D eigenvalue weighted by molar-refractivity contribution is 0.396. The van der Waals surface area contributed by atoms with E-state index in [9.17, 15) is 0 Å². The molecule has 2 heteroatoms. The average Bonchev–Trinajstić information content (AvgIpc) is 1.59. The van der Waals surface area contributed by atoms with Crippen LogP contribution in [0.2, 0.25) is 0 Å². The van der Waals surface area contributed by atoms with Gasteiger partial charge in [0.05, 0.1) is 0 Å². The van der Waals surface area contributed by atoms with Crippen molar-refractivity contribution in [1.82, 2.24) is 10.6 Å². The molecule has 0 heterocycles. The van der Waals surface area contributed by atoms with Crippen molar-refractivity contribution < 1.29 is 0 Å². The fourth-order valence-electron chi connectivity index (χ4n) is 0.750. The summed E-state index contributed by atoms with van der Waals surface area (Å²) in [4.78, 5) is 0. The third-order valence-corrected chi connectivity index (χ3v) is 0.884. The molecule has 0 amide bonds. The fraction of sp³-hybridized carbons (Fsp3) is 0.875. The Balaban J connectivity index is 3.47. The molecule has 3 radical (unpaired) electrons. The van der Waals surface area contributed by atoms with Crippen LogP contribution in [0.5, 0.6) is 0 Å². The standard InChI is InChI=1S/C8H17N2/c1-6-9-7(2)10-8(3,4)5/h6H2,1-5H3. The van der Waals surface area contributed by atoms with Crippen molar-refractivity contribution >= 4 is 0 Å². The molecule has 0 aliphatic rings. The van der Waals surface area contributed by atoms with Gasteiger partial charge in [-0.15, -0.1) is 0 Å². The van der Waals surface area contributed by atoms with Crippen LogP contribution in [-0.4, -0.2) is 12.1 Å². The highest BCUT2D eigenvalue weighted by Gasteiger charge is 2.15. The molecule has 0 saturated heterocycles. The van der Waals surface area contributed by atoms with E-state index in [1.807, 2.05) is 13.8 Å². The number of rotatable bonds is 3. The first-order valence-electron chi connectivity index (χ1n) is 3.69. The van der Waals surface area contributed by atoms with Gasteiger partial charge in [-0.2, -0.15) is 0 Å². The highest BCUT2D eigenvalue weighted by atomic mass is 15.1. The largest absolute Gasteiger partial charge is 0.216 e. The SMILES string of the molecule is CC[N][C](C)[N]C(C)(C)C. The lowest BCUT2D eigenvalue weighted by Gasteiger charge is -2.21. The second-order valence-corrected chi connectivity index (χ2v) is 3.30. The summed E-state index contributed by atoms with van der Waals surface area (Å²) >= 11 is 0. The van der Waals surface area contributed by atoms with Gasteiger partial charge in [0.1, 0.15) is 6.17 Å². The average molecular weight is 141 g/mol. The summed E-state index contributed by atoms with van der Waals surface area (Å²) in [7, 11) is 0. The molecule has 0 aromatic carbocycles. The minimum atomic E-state index is 0.0166. The van der Waals surface area contributed by atoms with Crippen LogP contribution in [0.4, 0.5) is 0 Å². The topological polar surface area (TPSA) is 28.2 Å². The van der Waals surface area contributed by atoms with Gasteiger partial charge in [0.2, 0.25) is 0 Å². The molecular weight excluding hydrogens is 124 g/mol. The number of hydrogen-bond donors (Lipinski definition) is 0. The maximum Gasteiger partial charge on any atom is 0.132 e. The van der Waals surface area contributed by atoms with Crippen LogP contribution in [0, 0.1) is 6.17 Å². The molecule has 0 aromatic heterocycles. The molecule has 10 heavy (non-hydrogen) atoms. The molecule has 0 atom stereocenters. The minimum absolute atomic E-state index is 0.0166. The molecule has 0 fully saturated rings. The van der Waals surface area contributed by atoms with E-state index in [1.165, 1.54) is 0 Å². The van der Waals surface area contributed by atoms with Gasteiger partial charge in [0.15, 0.2) is 0 Å². The van der Waals surface area contributed by atoms with Gasteiger partial charge in [-0.3, -0.25) is 0 Å². The molecule has 59 valence electrons. The Morgan fingerprint density at radius 3 is 2.10 bits per heavy atom. The minimum Gasteiger partial charge on any atom is -0.216 e. The lowest BCUT2D eigenvalue weighted by atomic mass is 10.1. The zero-order chi connectivity index (χ0) is 8.20. The van der Waals surface area contributed by atoms with Gasteiger partial charge in [-0.05, 0) is 27.7 Å². The first kappa shape index (κ1) is 9.92. The number of hydrogen-bond acceptors (Lipinski definition) is 0. The van der Waals surface area contributed by atoms with Gasteiger partial charge in [0.25, 0.3) is 0 Å². The Morgan fingerprint density at radius 1 is 1.30 bits per heavy atom. The summed E-state index contributed by atoms with van der Waals surface area (Å²) in [5, 5.41) is 8.51. The van der Waals surface area contributed by atoms with Crippen molar-refractivity contribution in [3.8, 4) is 0 Å². The van der Waals surface area contributed by atoms with Crippen LogP contribution in [0.15, 0.2) is 0 Å². The van der Waals surface area contributed by atoms with Crippen molar-refractivity contribution in [1.29, 1.82) is 0 Å². The smallest absolute Gasteiger partial charge is 0.132 e. The maximum absolute atomic E-state index is 4.35. The summed E-state index contributed by atoms with van der Waals surface area (Å²) in [6, 6.07) is 0. The summed E-state index contributed by atoms with van der Waals surface area (Å²) in [6.07, 6.45) is 0.898. The monoisotopic (exact) mass is 141 g/mol. The third-order valence-electron chi connectivity index (χ3n) is 0.884. The Bertz CT molecular complexity index is 83.7. The fourth-order valence-corrected chi connectivity index (χ4v) is 0.750. The molecule has 0 unspecified atom stereocenters. The van der Waals surface area contributed by atoms with E-state index in [-0.39, 0.29) is 5.54 Å². The lowest BCUT2D eigenvalue weighted by Crippen LogP contribution is -2.35.